The first-order valence-corrected chi connectivity index (χ1v) is 7.32. The highest BCUT2D eigenvalue weighted by Crippen LogP contribution is 2.40. The molecule has 1 aliphatic heterocycles. The minimum atomic E-state index is -4.20. The van der Waals surface area contributed by atoms with Crippen LogP contribution in [0.25, 0.3) is 0 Å². The Labute approximate surface area is 116 Å². The predicted molar refractivity (Wildman–Crippen MR) is 66.1 cm³/mol. The van der Waals surface area contributed by atoms with Crippen molar-refractivity contribution in [1.29, 1.82) is 0 Å². The fraction of sp³-hybridized carbons (Fsp3) is 0.929. The SMILES string of the molecule is O=C(OCC1CCCCO1)C1CCCC(C(F)(F)F)C1. The summed E-state index contributed by atoms with van der Waals surface area (Å²) in [5.74, 6) is -2.47. The number of carbonyl (C=O) groups is 1. The summed E-state index contributed by atoms with van der Waals surface area (Å²) in [6, 6.07) is 0. The van der Waals surface area contributed by atoms with E-state index in [4.69, 9.17) is 9.47 Å². The third kappa shape index (κ3) is 4.36. The van der Waals surface area contributed by atoms with Crippen molar-refractivity contribution < 1.29 is 27.4 Å². The van der Waals surface area contributed by atoms with Gasteiger partial charge in [-0.15, -0.1) is 0 Å². The maximum atomic E-state index is 12.7. The molecule has 3 nitrogen and oxygen atoms in total. The number of hydrogen-bond acceptors (Lipinski definition) is 3. The zero-order valence-electron chi connectivity index (χ0n) is 11.5. The average molecular weight is 294 g/mol. The van der Waals surface area contributed by atoms with Gasteiger partial charge in [0.2, 0.25) is 0 Å². The van der Waals surface area contributed by atoms with E-state index in [0.717, 1.165) is 19.3 Å². The Hall–Kier alpha value is -0.780. The molecule has 116 valence electrons. The second kappa shape index (κ2) is 6.78. The molecule has 0 radical (unpaired) electrons. The molecule has 1 saturated carbocycles. The van der Waals surface area contributed by atoms with Crippen molar-refractivity contribution in [2.24, 2.45) is 11.8 Å². The molecule has 0 aromatic heterocycles. The molecule has 1 heterocycles. The zero-order valence-corrected chi connectivity index (χ0v) is 11.5. The van der Waals surface area contributed by atoms with E-state index in [0.29, 0.717) is 19.4 Å². The van der Waals surface area contributed by atoms with Crippen molar-refractivity contribution in [3.63, 3.8) is 0 Å². The molecule has 2 fully saturated rings. The van der Waals surface area contributed by atoms with Crippen LogP contribution in [0.5, 0.6) is 0 Å². The molecule has 3 atom stereocenters. The van der Waals surface area contributed by atoms with E-state index < -0.39 is 24.0 Å². The molecule has 3 unspecified atom stereocenters. The lowest BCUT2D eigenvalue weighted by molar-refractivity contribution is -0.189. The normalized spacial score (nSPS) is 31.9. The molecule has 0 bridgehead atoms. The number of rotatable bonds is 3. The van der Waals surface area contributed by atoms with Gasteiger partial charge in [0.05, 0.1) is 17.9 Å². The molecule has 0 N–H and O–H groups in total. The number of alkyl halides is 3. The van der Waals surface area contributed by atoms with Gasteiger partial charge in [0, 0.05) is 6.61 Å². The third-order valence-electron chi connectivity index (χ3n) is 4.16. The maximum absolute atomic E-state index is 12.7. The second-order valence-corrected chi connectivity index (χ2v) is 5.72. The van der Waals surface area contributed by atoms with Gasteiger partial charge in [-0.25, -0.2) is 0 Å². The lowest BCUT2D eigenvalue weighted by Crippen LogP contribution is -2.34. The van der Waals surface area contributed by atoms with Crippen LogP contribution in [0.15, 0.2) is 0 Å². The largest absolute Gasteiger partial charge is 0.463 e. The highest BCUT2D eigenvalue weighted by molar-refractivity contribution is 5.72. The lowest BCUT2D eigenvalue weighted by Gasteiger charge is -2.30. The highest BCUT2D eigenvalue weighted by atomic mass is 19.4. The first-order chi connectivity index (χ1) is 9.47. The summed E-state index contributed by atoms with van der Waals surface area (Å²) in [5.41, 5.74) is 0. The van der Waals surface area contributed by atoms with Crippen LogP contribution in [0.1, 0.15) is 44.9 Å². The van der Waals surface area contributed by atoms with E-state index in [9.17, 15) is 18.0 Å². The van der Waals surface area contributed by atoms with Gasteiger partial charge in [0.25, 0.3) is 0 Å². The van der Waals surface area contributed by atoms with Crippen LogP contribution in [0.3, 0.4) is 0 Å². The Morgan fingerprint density at radius 3 is 2.60 bits per heavy atom. The molecule has 1 aliphatic carbocycles. The van der Waals surface area contributed by atoms with Gasteiger partial charge in [-0.1, -0.05) is 6.42 Å². The smallest absolute Gasteiger partial charge is 0.391 e. The Kier molecular flexibility index (Phi) is 5.29. The van der Waals surface area contributed by atoms with E-state index in [1.165, 1.54) is 0 Å². The molecule has 2 aliphatic rings. The molecule has 6 heteroatoms. The van der Waals surface area contributed by atoms with Gasteiger partial charge in [-0.2, -0.15) is 13.2 Å². The van der Waals surface area contributed by atoms with Crippen molar-refractivity contribution in [2.75, 3.05) is 13.2 Å². The van der Waals surface area contributed by atoms with Crippen molar-refractivity contribution in [2.45, 2.75) is 57.2 Å². The highest BCUT2D eigenvalue weighted by Gasteiger charge is 2.44. The Balaban J connectivity index is 1.76. The summed E-state index contributed by atoms with van der Waals surface area (Å²) in [5, 5.41) is 0. The van der Waals surface area contributed by atoms with Gasteiger partial charge in [0.15, 0.2) is 0 Å². The number of ether oxygens (including phenoxy) is 2. The summed E-state index contributed by atoms with van der Waals surface area (Å²) < 4.78 is 48.6. The van der Waals surface area contributed by atoms with Crippen LogP contribution < -0.4 is 0 Å². The number of halogens is 3. The van der Waals surface area contributed by atoms with Crippen molar-refractivity contribution in [1.82, 2.24) is 0 Å². The van der Waals surface area contributed by atoms with Gasteiger partial charge < -0.3 is 9.47 Å². The number of hydrogen-bond donors (Lipinski definition) is 0. The molecule has 0 amide bonds. The van der Waals surface area contributed by atoms with Crippen molar-refractivity contribution in [3.05, 3.63) is 0 Å². The van der Waals surface area contributed by atoms with E-state index in [1.54, 1.807) is 0 Å². The fourth-order valence-corrected chi connectivity index (χ4v) is 2.93. The van der Waals surface area contributed by atoms with Crippen molar-refractivity contribution in [3.8, 4) is 0 Å². The first-order valence-electron chi connectivity index (χ1n) is 7.32. The third-order valence-corrected chi connectivity index (χ3v) is 4.16. The Bertz CT molecular complexity index is 324. The zero-order chi connectivity index (χ0) is 14.6. The predicted octanol–water partition coefficient (Wildman–Crippen LogP) is 3.47. The standard InChI is InChI=1S/C14H21F3O3/c15-14(16,17)11-5-3-4-10(8-11)13(18)20-9-12-6-1-2-7-19-12/h10-12H,1-9H2. The minimum absolute atomic E-state index is 0.0882. The van der Waals surface area contributed by atoms with Crippen LogP contribution in [0, 0.1) is 11.8 Å². The van der Waals surface area contributed by atoms with E-state index in [1.807, 2.05) is 0 Å². The summed E-state index contributed by atoms with van der Waals surface area (Å²) in [4.78, 5) is 11.9. The van der Waals surface area contributed by atoms with Gasteiger partial charge in [-0.3, -0.25) is 4.79 Å². The van der Waals surface area contributed by atoms with Gasteiger partial charge >= 0.3 is 12.1 Å². The van der Waals surface area contributed by atoms with Crippen molar-refractivity contribution >= 4 is 5.97 Å². The molecule has 0 spiro atoms. The van der Waals surface area contributed by atoms with E-state index in [2.05, 4.69) is 0 Å². The van der Waals surface area contributed by atoms with Gasteiger partial charge in [0.1, 0.15) is 6.61 Å². The van der Waals surface area contributed by atoms with Crippen LogP contribution >= 0.6 is 0 Å². The lowest BCUT2D eigenvalue weighted by atomic mass is 9.81. The van der Waals surface area contributed by atoms with Crippen LogP contribution in [-0.4, -0.2) is 31.5 Å². The summed E-state index contributed by atoms with van der Waals surface area (Å²) >= 11 is 0. The number of carbonyl (C=O) groups excluding carboxylic acids is 1. The van der Waals surface area contributed by atoms with E-state index >= 15 is 0 Å². The molecule has 20 heavy (non-hydrogen) atoms. The molecule has 2 rings (SSSR count). The number of esters is 1. The molecular formula is C14H21F3O3. The monoisotopic (exact) mass is 294 g/mol. The molecular weight excluding hydrogens is 273 g/mol. The molecule has 0 aromatic rings. The van der Waals surface area contributed by atoms with Crippen LogP contribution in [0.4, 0.5) is 13.2 Å². The van der Waals surface area contributed by atoms with Crippen LogP contribution in [0.2, 0.25) is 0 Å². The topological polar surface area (TPSA) is 35.5 Å². The fourth-order valence-electron chi connectivity index (χ4n) is 2.93. The summed E-state index contributed by atoms with van der Waals surface area (Å²) in [6.45, 7) is 0.841. The molecule has 0 aromatic carbocycles. The minimum Gasteiger partial charge on any atom is -0.463 e. The molecule has 1 saturated heterocycles. The van der Waals surface area contributed by atoms with E-state index in [-0.39, 0.29) is 25.6 Å². The van der Waals surface area contributed by atoms with Crippen LogP contribution in [-0.2, 0) is 14.3 Å². The summed E-state index contributed by atoms with van der Waals surface area (Å²) in [7, 11) is 0. The Morgan fingerprint density at radius 1 is 1.15 bits per heavy atom. The Morgan fingerprint density at radius 2 is 1.95 bits per heavy atom. The maximum Gasteiger partial charge on any atom is 0.391 e. The summed E-state index contributed by atoms with van der Waals surface area (Å²) in [6.07, 6.45) is -0.459. The second-order valence-electron chi connectivity index (χ2n) is 5.72. The first kappa shape index (κ1) is 15.6. The quantitative estimate of drug-likeness (QED) is 0.748. The van der Waals surface area contributed by atoms with Gasteiger partial charge in [-0.05, 0) is 38.5 Å². The average Bonchev–Trinajstić information content (AvgIpc) is 2.45.